The van der Waals surface area contributed by atoms with Gasteiger partial charge in [-0.05, 0) is 30.4 Å². The molecule has 0 aromatic heterocycles. The number of quaternary nitrogens is 1. The monoisotopic (exact) mass is 458 g/mol. The summed E-state index contributed by atoms with van der Waals surface area (Å²) in [6.45, 7) is 3.84. The Bertz CT molecular complexity index is 516. The maximum absolute atomic E-state index is 12.3. The molecule has 0 saturated heterocycles. The first-order valence-electron chi connectivity index (χ1n) is 9.52. The molecule has 0 bridgehead atoms. The molecule has 2 rings (SSSR count). The summed E-state index contributed by atoms with van der Waals surface area (Å²) in [5.74, 6) is 0.937. The van der Waals surface area contributed by atoms with E-state index in [4.69, 9.17) is 0 Å². The fourth-order valence-corrected chi connectivity index (χ4v) is 3.56. The Hall–Kier alpha value is -0.620. The number of amides is 1. The van der Waals surface area contributed by atoms with E-state index >= 15 is 0 Å². The Morgan fingerprint density at radius 3 is 2.32 bits per heavy atom. The van der Waals surface area contributed by atoms with E-state index in [9.17, 15) is 4.79 Å². The van der Waals surface area contributed by atoms with E-state index in [0.717, 1.165) is 35.5 Å². The van der Waals surface area contributed by atoms with Crippen LogP contribution in [-0.4, -0.2) is 44.6 Å². The SMILES string of the molecule is CC(C(=O)NCCC[N+](C)(C)C)c1ccc(CC2CCCC2)cc1.[I-]. The van der Waals surface area contributed by atoms with Gasteiger partial charge in [0.2, 0.25) is 5.91 Å². The first-order chi connectivity index (χ1) is 11.3. The molecule has 3 nitrogen and oxygen atoms in total. The van der Waals surface area contributed by atoms with Crippen molar-refractivity contribution in [3.63, 3.8) is 0 Å². The molecule has 1 aliphatic carbocycles. The van der Waals surface area contributed by atoms with Gasteiger partial charge in [0.1, 0.15) is 0 Å². The zero-order valence-corrected chi connectivity index (χ0v) is 18.5. The zero-order chi connectivity index (χ0) is 17.6. The van der Waals surface area contributed by atoms with Gasteiger partial charge in [0.05, 0.1) is 33.6 Å². The number of benzene rings is 1. The number of nitrogens with zero attached hydrogens (tertiary/aromatic N) is 1. The van der Waals surface area contributed by atoms with Crippen molar-refractivity contribution < 1.29 is 33.3 Å². The maximum atomic E-state index is 12.3. The summed E-state index contributed by atoms with van der Waals surface area (Å²) in [5, 5.41) is 3.08. The lowest BCUT2D eigenvalue weighted by Crippen LogP contribution is -3.00. The summed E-state index contributed by atoms with van der Waals surface area (Å²) in [7, 11) is 6.53. The highest BCUT2D eigenvalue weighted by Gasteiger charge is 2.17. The van der Waals surface area contributed by atoms with Crippen LogP contribution in [0.3, 0.4) is 0 Å². The van der Waals surface area contributed by atoms with Gasteiger partial charge >= 0.3 is 0 Å². The lowest BCUT2D eigenvalue weighted by atomic mass is 9.94. The van der Waals surface area contributed by atoms with Gasteiger partial charge in [-0.15, -0.1) is 0 Å². The van der Waals surface area contributed by atoms with E-state index in [1.807, 2.05) is 6.92 Å². The van der Waals surface area contributed by atoms with Crippen molar-refractivity contribution >= 4 is 5.91 Å². The minimum absolute atomic E-state index is 0. The average molecular weight is 458 g/mol. The number of carbonyl (C=O) groups excluding carboxylic acids is 1. The first-order valence-corrected chi connectivity index (χ1v) is 9.52. The molecule has 1 unspecified atom stereocenters. The highest BCUT2D eigenvalue weighted by Crippen LogP contribution is 2.28. The zero-order valence-electron chi connectivity index (χ0n) is 16.4. The van der Waals surface area contributed by atoms with E-state index < -0.39 is 0 Å². The van der Waals surface area contributed by atoms with Crippen LogP contribution in [0.15, 0.2) is 24.3 Å². The number of carbonyl (C=O) groups is 1. The van der Waals surface area contributed by atoms with Crippen molar-refractivity contribution in [2.75, 3.05) is 34.2 Å². The lowest BCUT2D eigenvalue weighted by Gasteiger charge is -2.24. The van der Waals surface area contributed by atoms with Crippen LogP contribution in [-0.2, 0) is 11.2 Å². The molecule has 1 aromatic carbocycles. The first kappa shape index (κ1) is 22.4. The average Bonchev–Trinajstić information content (AvgIpc) is 3.03. The third kappa shape index (κ3) is 8.07. The Morgan fingerprint density at radius 1 is 1.16 bits per heavy atom. The van der Waals surface area contributed by atoms with Crippen LogP contribution in [0.25, 0.3) is 0 Å². The van der Waals surface area contributed by atoms with E-state index in [1.165, 1.54) is 37.7 Å². The molecule has 1 aliphatic rings. The van der Waals surface area contributed by atoms with Gasteiger partial charge in [0.15, 0.2) is 0 Å². The van der Waals surface area contributed by atoms with Crippen LogP contribution >= 0.6 is 0 Å². The molecule has 0 spiro atoms. The smallest absolute Gasteiger partial charge is 0.227 e. The second-order valence-electron chi connectivity index (χ2n) is 8.48. The van der Waals surface area contributed by atoms with Crippen molar-refractivity contribution in [2.45, 2.75) is 51.4 Å². The van der Waals surface area contributed by atoms with E-state index in [0.29, 0.717) is 0 Å². The van der Waals surface area contributed by atoms with E-state index in [2.05, 4.69) is 50.7 Å². The molecule has 25 heavy (non-hydrogen) atoms. The molecule has 1 N–H and O–H groups in total. The standard InChI is InChI=1S/C21H34N2O.HI/c1-17(21(24)22-14-7-15-23(2,3)4)20-12-10-19(11-13-20)16-18-8-5-6-9-18;/h10-13,17-18H,5-9,14-16H2,1-4H3;1H. The summed E-state index contributed by atoms with van der Waals surface area (Å²) in [6.07, 6.45) is 7.78. The number of hydrogen-bond acceptors (Lipinski definition) is 1. The van der Waals surface area contributed by atoms with E-state index in [1.54, 1.807) is 0 Å². The largest absolute Gasteiger partial charge is 1.00 e. The molecule has 0 radical (unpaired) electrons. The topological polar surface area (TPSA) is 29.1 Å². The molecule has 0 heterocycles. The molecule has 1 atom stereocenters. The molecule has 1 saturated carbocycles. The molecule has 4 heteroatoms. The quantitative estimate of drug-likeness (QED) is 0.348. The predicted molar refractivity (Wildman–Crippen MR) is 101 cm³/mol. The molecule has 0 aliphatic heterocycles. The maximum Gasteiger partial charge on any atom is 0.227 e. The summed E-state index contributed by atoms with van der Waals surface area (Å²) in [4.78, 5) is 12.3. The molecule has 1 aromatic rings. The summed E-state index contributed by atoms with van der Waals surface area (Å²) < 4.78 is 0.938. The van der Waals surface area contributed by atoms with Crippen molar-refractivity contribution in [3.8, 4) is 0 Å². The van der Waals surface area contributed by atoms with Gasteiger partial charge in [-0.3, -0.25) is 4.79 Å². The highest BCUT2D eigenvalue weighted by molar-refractivity contribution is 5.83. The number of nitrogens with one attached hydrogen (secondary N) is 1. The normalized spacial score (nSPS) is 16.3. The minimum atomic E-state index is -0.0744. The van der Waals surface area contributed by atoms with Gasteiger partial charge in [-0.2, -0.15) is 0 Å². The second-order valence-corrected chi connectivity index (χ2v) is 8.48. The van der Waals surface area contributed by atoms with Crippen LogP contribution in [0.4, 0.5) is 0 Å². The van der Waals surface area contributed by atoms with Gasteiger partial charge in [-0.1, -0.05) is 49.9 Å². The van der Waals surface area contributed by atoms with Crippen molar-refractivity contribution in [2.24, 2.45) is 5.92 Å². The summed E-state index contributed by atoms with van der Waals surface area (Å²) in [6, 6.07) is 8.71. The highest BCUT2D eigenvalue weighted by atomic mass is 127. The lowest BCUT2D eigenvalue weighted by molar-refractivity contribution is -0.870. The third-order valence-corrected chi connectivity index (χ3v) is 5.18. The van der Waals surface area contributed by atoms with Crippen LogP contribution < -0.4 is 29.3 Å². The van der Waals surface area contributed by atoms with Gasteiger partial charge in [0, 0.05) is 13.0 Å². The Balaban J connectivity index is 0.00000312. The molecule has 1 amide bonds. The van der Waals surface area contributed by atoms with Crippen LogP contribution in [0.5, 0.6) is 0 Å². The Kier molecular flexibility index (Phi) is 9.43. The predicted octanol–water partition coefficient (Wildman–Crippen LogP) is 0.739. The van der Waals surface area contributed by atoms with Crippen LogP contribution in [0, 0.1) is 5.92 Å². The van der Waals surface area contributed by atoms with Crippen LogP contribution in [0.2, 0.25) is 0 Å². The fraction of sp³-hybridized carbons (Fsp3) is 0.667. The van der Waals surface area contributed by atoms with Gasteiger partial charge < -0.3 is 33.8 Å². The molecule has 142 valence electrons. The fourth-order valence-electron chi connectivity index (χ4n) is 3.56. The van der Waals surface area contributed by atoms with Crippen LogP contribution in [0.1, 0.15) is 56.1 Å². The van der Waals surface area contributed by atoms with E-state index in [-0.39, 0.29) is 35.8 Å². The van der Waals surface area contributed by atoms with Gasteiger partial charge in [0.25, 0.3) is 0 Å². The summed E-state index contributed by atoms with van der Waals surface area (Å²) >= 11 is 0. The number of halogens is 1. The van der Waals surface area contributed by atoms with Gasteiger partial charge in [-0.25, -0.2) is 0 Å². The molecular weight excluding hydrogens is 423 g/mol. The Morgan fingerprint density at radius 2 is 1.76 bits per heavy atom. The molecule has 1 fully saturated rings. The minimum Gasteiger partial charge on any atom is -1.00 e. The van der Waals surface area contributed by atoms with Crippen molar-refractivity contribution in [1.29, 1.82) is 0 Å². The second kappa shape index (κ2) is 10.5. The number of rotatable bonds is 8. The summed E-state index contributed by atoms with van der Waals surface area (Å²) in [5.41, 5.74) is 2.54. The van der Waals surface area contributed by atoms with Crippen molar-refractivity contribution in [3.05, 3.63) is 35.4 Å². The van der Waals surface area contributed by atoms with Crippen molar-refractivity contribution in [1.82, 2.24) is 5.32 Å². The molecular formula is C21H35IN2O. The third-order valence-electron chi connectivity index (χ3n) is 5.18. The Labute approximate surface area is 171 Å². The number of hydrogen-bond donors (Lipinski definition) is 1.